The summed E-state index contributed by atoms with van der Waals surface area (Å²) in [5.41, 5.74) is 8.50. The number of likely N-dealkylation sites (N-methyl/N-ethyl adjacent to an activating group) is 1. The number of nitrogens with one attached hydrogen (secondary N) is 1. The molecule has 0 bridgehead atoms. The van der Waals surface area contributed by atoms with Crippen molar-refractivity contribution in [3.63, 3.8) is 0 Å². The zero-order chi connectivity index (χ0) is 13.8. The molecular weight excluding hydrogens is 240 g/mol. The molecule has 1 aromatic heterocycles. The normalized spacial score (nSPS) is 11.3. The van der Waals surface area contributed by atoms with Crippen LogP contribution in [0.5, 0.6) is 5.88 Å². The van der Waals surface area contributed by atoms with Crippen LogP contribution >= 0.6 is 0 Å². The Bertz CT molecular complexity index is 572. The number of para-hydroxylation sites is 1. The van der Waals surface area contributed by atoms with E-state index in [2.05, 4.69) is 23.9 Å². The van der Waals surface area contributed by atoms with Gasteiger partial charge in [0.2, 0.25) is 5.88 Å². The van der Waals surface area contributed by atoms with Gasteiger partial charge in [-0.25, -0.2) is 5.53 Å². The molecule has 5 nitrogen and oxygen atoms in total. The summed E-state index contributed by atoms with van der Waals surface area (Å²) in [5, 5.41) is 14.5. The molecule has 5 heteroatoms. The van der Waals surface area contributed by atoms with Gasteiger partial charge in [-0.15, -0.1) is 0 Å². The molecule has 0 fully saturated rings. The summed E-state index contributed by atoms with van der Waals surface area (Å²) < 4.78 is 1.83. The van der Waals surface area contributed by atoms with E-state index in [1.54, 1.807) is 0 Å². The van der Waals surface area contributed by atoms with Crippen molar-refractivity contribution < 1.29 is 5.11 Å². The number of hydrogen-bond acceptors (Lipinski definition) is 4. The molecule has 2 aromatic rings. The van der Waals surface area contributed by atoms with Gasteiger partial charge in [0.1, 0.15) is 0 Å². The molecular formula is C14H20N4O. The zero-order valence-corrected chi connectivity index (χ0v) is 11.4. The molecule has 0 aliphatic carbocycles. The lowest BCUT2D eigenvalue weighted by molar-refractivity contribution is 0.285. The van der Waals surface area contributed by atoms with Crippen LogP contribution in [0, 0.1) is 5.53 Å². The largest absolute Gasteiger partial charge is 0.493 e. The number of aromatic hydroxyl groups is 1. The highest BCUT2D eigenvalue weighted by Crippen LogP contribution is 2.38. The lowest BCUT2D eigenvalue weighted by Gasteiger charge is -2.18. The minimum atomic E-state index is 0.0864. The molecule has 1 heterocycles. The lowest BCUT2D eigenvalue weighted by atomic mass is 10.2. The third-order valence-corrected chi connectivity index (χ3v) is 3.56. The van der Waals surface area contributed by atoms with Gasteiger partial charge in [-0.05, 0) is 19.2 Å². The number of hydrogen-bond donors (Lipinski definition) is 2. The van der Waals surface area contributed by atoms with Crippen molar-refractivity contribution >= 4 is 16.6 Å². The Hall–Kier alpha value is -1.88. The van der Waals surface area contributed by atoms with Crippen LogP contribution in [0.1, 0.15) is 13.8 Å². The molecule has 0 radical (unpaired) electrons. The lowest BCUT2D eigenvalue weighted by Crippen LogP contribution is -2.26. The average molecular weight is 260 g/mol. The highest BCUT2D eigenvalue weighted by molar-refractivity contribution is 5.94. The molecule has 0 amide bonds. The number of aromatic nitrogens is 1. The number of nitrogens with zero attached hydrogens (tertiary/aromatic N) is 3. The van der Waals surface area contributed by atoms with Gasteiger partial charge in [-0.3, -0.25) is 0 Å². The summed E-state index contributed by atoms with van der Waals surface area (Å²) >= 11 is 0. The van der Waals surface area contributed by atoms with Crippen molar-refractivity contribution in [3.05, 3.63) is 24.3 Å². The van der Waals surface area contributed by atoms with Gasteiger partial charge in [-0.1, -0.05) is 32.0 Å². The van der Waals surface area contributed by atoms with Crippen LogP contribution in [0.2, 0.25) is 0 Å². The van der Waals surface area contributed by atoms with E-state index in [0.717, 1.165) is 30.5 Å². The molecule has 2 rings (SSSR count). The van der Waals surface area contributed by atoms with Crippen LogP contribution in [-0.4, -0.2) is 34.2 Å². The van der Waals surface area contributed by atoms with E-state index in [-0.39, 0.29) is 5.88 Å². The van der Waals surface area contributed by atoms with Crippen LogP contribution < -0.4 is 0 Å². The number of benzene rings is 1. The molecule has 0 spiro atoms. The van der Waals surface area contributed by atoms with Crippen molar-refractivity contribution in [1.29, 1.82) is 5.53 Å². The molecule has 0 atom stereocenters. The van der Waals surface area contributed by atoms with Gasteiger partial charge in [0.25, 0.3) is 0 Å². The molecule has 0 aliphatic heterocycles. The molecule has 0 aliphatic rings. The zero-order valence-electron chi connectivity index (χ0n) is 11.4. The second-order valence-corrected chi connectivity index (χ2v) is 4.48. The van der Waals surface area contributed by atoms with Crippen LogP contribution in [-0.2, 0) is 6.54 Å². The van der Waals surface area contributed by atoms with Gasteiger partial charge in [0, 0.05) is 18.5 Å². The summed E-state index contributed by atoms with van der Waals surface area (Å²) in [5.74, 6) is 0.0864. The maximum absolute atomic E-state index is 10.2. The molecule has 1 aromatic carbocycles. The van der Waals surface area contributed by atoms with Crippen molar-refractivity contribution in [2.75, 3.05) is 19.6 Å². The summed E-state index contributed by atoms with van der Waals surface area (Å²) in [6.45, 7) is 7.81. The van der Waals surface area contributed by atoms with E-state index >= 15 is 0 Å². The Morgan fingerprint density at radius 2 is 1.95 bits per heavy atom. The summed E-state index contributed by atoms with van der Waals surface area (Å²) in [6, 6.07) is 7.66. The fourth-order valence-corrected chi connectivity index (χ4v) is 2.39. The maximum atomic E-state index is 10.2. The molecule has 0 saturated carbocycles. The summed E-state index contributed by atoms with van der Waals surface area (Å²) in [7, 11) is 0. The summed E-state index contributed by atoms with van der Waals surface area (Å²) in [6.07, 6.45) is 0. The second-order valence-electron chi connectivity index (χ2n) is 4.48. The maximum Gasteiger partial charge on any atom is 0.220 e. The SMILES string of the molecule is CCN(CC)CCn1c(O)c(N=N)c2ccccc21. The Balaban J connectivity index is 2.37. The Morgan fingerprint density at radius 3 is 2.58 bits per heavy atom. The highest BCUT2D eigenvalue weighted by atomic mass is 16.3. The predicted molar refractivity (Wildman–Crippen MR) is 76.2 cm³/mol. The number of fused-ring (bicyclic) bond motifs is 1. The fraction of sp³-hybridized carbons (Fsp3) is 0.429. The molecule has 2 N–H and O–H groups in total. The first-order chi connectivity index (χ1) is 9.22. The predicted octanol–water partition coefficient (Wildman–Crippen LogP) is 3.35. The van der Waals surface area contributed by atoms with E-state index in [4.69, 9.17) is 5.53 Å². The minimum absolute atomic E-state index is 0.0864. The van der Waals surface area contributed by atoms with Gasteiger partial charge in [0.05, 0.1) is 5.52 Å². The van der Waals surface area contributed by atoms with Gasteiger partial charge >= 0.3 is 0 Å². The van der Waals surface area contributed by atoms with Gasteiger partial charge in [0.15, 0.2) is 5.69 Å². The van der Waals surface area contributed by atoms with Crippen molar-refractivity contribution in [2.45, 2.75) is 20.4 Å². The third-order valence-electron chi connectivity index (χ3n) is 3.56. The second kappa shape index (κ2) is 5.84. The van der Waals surface area contributed by atoms with Gasteiger partial charge in [-0.2, -0.15) is 5.11 Å². The van der Waals surface area contributed by atoms with Crippen molar-refractivity contribution in [2.24, 2.45) is 5.11 Å². The third kappa shape index (κ3) is 2.46. The van der Waals surface area contributed by atoms with E-state index in [0.29, 0.717) is 12.2 Å². The smallest absolute Gasteiger partial charge is 0.220 e. The topological polar surface area (TPSA) is 64.6 Å². The van der Waals surface area contributed by atoms with Crippen LogP contribution in [0.25, 0.3) is 10.9 Å². The van der Waals surface area contributed by atoms with Crippen LogP contribution in [0.3, 0.4) is 0 Å². The fourth-order valence-electron chi connectivity index (χ4n) is 2.39. The first kappa shape index (κ1) is 13.5. The Kier molecular flexibility index (Phi) is 4.16. The monoisotopic (exact) mass is 260 g/mol. The van der Waals surface area contributed by atoms with E-state index < -0.39 is 0 Å². The quantitative estimate of drug-likeness (QED) is 0.782. The molecule has 19 heavy (non-hydrogen) atoms. The van der Waals surface area contributed by atoms with E-state index in [9.17, 15) is 5.11 Å². The van der Waals surface area contributed by atoms with Gasteiger partial charge < -0.3 is 14.6 Å². The average Bonchev–Trinajstić information content (AvgIpc) is 2.72. The number of rotatable bonds is 6. The summed E-state index contributed by atoms with van der Waals surface area (Å²) in [4.78, 5) is 2.30. The minimum Gasteiger partial charge on any atom is -0.493 e. The molecule has 102 valence electrons. The van der Waals surface area contributed by atoms with Crippen molar-refractivity contribution in [1.82, 2.24) is 9.47 Å². The van der Waals surface area contributed by atoms with E-state index in [1.165, 1.54) is 0 Å². The Labute approximate surface area is 113 Å². The highest BCUT2D eigenvalue weighted by Gasteiger charge is 2.16. The standard InChI is InChI=1S/C14H20N4O/c1-3-17(4-2)9-10-18-12-8-6-5-7-11(12)13(16-15)14(18)19/h5-8,15,19H,3-4,9-10H2,1-2H3. The Morgan fingerprint density at radius 1 is 1.26 bits per heavy atom. The molecule has 0 unspecified atom stereocenters. The van der Waals surface area contributed by atoms with Crippen LogP contribution in [0.15, 0.2) is 29.4 Å². The first-order valence-corrected chi connectivity index (χ1v) is 6.62. The van der Waals surface area contributed by atoms with Crippen molar-refractivity contribution in [3.8, 4) is 5.88 Å². The van der Waals surface area contributed by atoms with Crippen LogP contribution in [0.4, 0.5) is 5.69 Å². The van der Waals surface area contributed by atoms with E-state index in [1.807, 2.05) is 28.8 Å². The molecule has 0 saturated heterocycles. The first-order valence-electron chi connectivity index (χ1n) is 6.62.